The number of hydrogen-bond acceptors (Lipinski definition) is 1. The van der Waals surface area contributed by atoms with Gasteiger partial charge in [0, 0.05) is 43.6 Å². The summed E-state index contributed by atoms with van der Waals surface area (Å²) in [6.07, 6.45) is 4.75. The van der Waals surface area contributed by atoms with Crippen LogP contribution in [0.3, 0.4) is 0 Å². The number of para-hydroxylation sites is 2. The second-order valence-electron chi connectivity index (χ2n) is 18.5. The van der Waals surface area contributed by atoms with Crippen molar-refractivity contribution in [3.63, 3.8) is 0 Å². The summed E-state index contributed by atoms with van der Waals surface area (Å²) in [5.41, 5.74) is 20.0. The van der Waals surface area contributed by atoms with Crippen molar-refractivity contribution >= 4 is 50.4 Å². The number of fused-ring (bicyclic) bond motifs is 5. The number of nitrogens with zero attached hydrogens (tertiary/aromatic N) is 2. The summed E-state index contributed by atoms with van der Waals surface area (Å²) in [5.74, 6) is 0. The van der Waals surface area contributed by atoms with Gasteiger partial charge in [0.2, 0.25) is 0 Å². The van der Waals surface area contributed by atoms with E-state index in [4.69, 9.17) is 0 Å². The summed E-state index contributed by atoms with van der Waals surface area (Å²) < 4.78 is 2.67. The minimum Gasteiger partial charge on any atom is -0.310 e. The van der Waals surface area contributed by atoms with Crippen molar-refractivity contribution in [3.8, 4) is 27.9 Å². The zero-order valence-electron chi connectivity index (χ0n) is 33.7. The van der Waals surface area contributed by atoms with E-state index in [1.54, 1.807) is 5.57 Å². The Labute approximate surface area is 335 Å². The molecule has 2 nitrogen and oxygen atoms in total. The zero-order chi connectivity index (χ0) is 38.6. The van der Waals surface area contributed by atoms with Crippen LogP contribution in [0.4, 0.5) is 17.1 Å². The van der Waals surface area contributed by atoms with E-state index in [0.29, 0.717) is 0 Å². The molecule has 1 aromatic heterocycles. The van der Waals surface area contributed by atoms with E-state index in [1.165, 1.54) is 99.4 Å². The Kier molecular flexibility index (Phi) is 6.41. The highest BCUT2D eigenvalue weighted by atomic mass is 15.1. The van der Waals surface area contributed by atoms with Gasteiger partial charge in [-0.1, -0.05) is 139 Å². The summed E-state index contributed by atoms with van der Waals surface area (Å²) in [5, 5.41) is 6.80. The van der Waals surface area contributed by atoms with Crippen LogP contribution in [0.15, 0.2) is 140 Å². The van der Waals surface area contributed by atoms with Gasteiger partial charge in [0.25, 0.3) is 0 Å². The minimum absolute atomic E-state index is 0.00257. The predicted octanol–water partition coefficient (Wildman–Crippen LogP) is 12.9. The Bertz CT molecular complexity index is 3200. The van der Waals surface area contributed by atoms with Gasteiger partial charge in [-0.2, -0.15) is 0 Å². The molecule has 12 rings (SSSR count). The van der Waals surface area contributed by atoms with Crippen LogP contribution in [0, 0.1) is 0 Å². The molecule has 3 heterocycles. The fourth-order valence-corrected chi connectivity index (χ4v) is 11.5. The van der Waals surface area contributed by atoms with Gasteiger partial charge < -0.3 is 9.47 Å². The summed E-state index contributed by atoms with van der Waals surface area (Å²) >= 11 is 0. The molecular formula is C55H46N2. The number of aromatic nitrogens is 1. The monoisotopic (exact) mass is 734 g/mol. The molecule has 0 unspecified atom stereocenters. The number of benzene rings is 7. The molecular weight excluding hydrogens is 689 g/mol. The van der Waals surface area contributed by atoms with Crippen LogP contribution in [0.25, 0.3) is 61.3 Å². The molecule has 0 spiro atoms. The quantitative estimate of drug-likeness (QED) is 0.175. The first kappa shape index (κ1) is 33.1. The van der Waals surface area contributed by atoms with Crippen molar-refractivity contribution in [3.05, 3.63) is 178 Å². The largest absolute Gasteiger partial charge is 0.310 e. The maximum atomic E-state index is 2.67. The smallest absolute Gasteiger partial charge is 0.0582 e. The minimum atomic E-state index is -0.185. The maximum absolute atomic E-state index is 2.67. The highest BCUT2D eigenvalue weighted by Crippen LogP contribution is 2.54. The highest BCUT2D eigenvalue weighted by molar-refractivity contribution is 6.00. The van der Waals surface area contributed by atoms with E-state index < -0.39 is 0 Å². The van der Waals surface area contributed by atoms with Crippen LogP contribution in [-0.2, 0) is 16.2 Å². The highest BCUT2D eigenvalue weighted by Gasteiger charge is 2.44. The molecule has 276 valence electrons. The Balaban J connectivity index is 1.03. The van der Waals surface area contributed by atoms with Crippen molar-refractivity contribution in [2.75, 3.05) is 4.90 Å². The van der Waals surface area contributed by atoms with Gasteiger partial charge >= 0.3 is 0 Å². The van der Waals surface area contributed by atoms with E-state index in [9.17, 15) is 0 Å². The van der Waals surface area contributed by atoms with Gasteiger partial charge in [0.15, 0.2) is 0 Å². The Morgan fingerprint density at radius 1 is 0.509 bits per heavy atom. The second-order valence-corrected chi connectivity index (χ2v) is 18.5. The summed E-state index contributed by atoms with van der Waals surface area (Å²) in [6, 6.07) is 52.8. The van der Waals surface area contributed by atoms with Gasteiger partial charge in [0.1, 0.15) is 0 Å². The van der Waals surface area contributed by atoms with Crippen molar-refractivity contribution < 1.29 is 0 Å². The van der Waals surface area contributed by atoms with E-state index in [1.807, 2.05) is 0 Å². The molecule has 8 aromatic rings. The third-order valence-corrected chi connectivity index (χ3v) is 14.4. The summed E-state index contributed by atoms with van der Waals surface area (Å²) in [7, 11) is 0. The topological polar surface area (TPSA) is 8.17 Å². The summed E-state index contributed by atoms with van der Waals surface area (Å²) in [4.78, 5) is 2.43. The Morgan fingerprint density at radius 2 is 1.18 bits per heavy atom. The fourth-order valence-electron chi connectivity index (χ4n) is 11.5. The third-order valence-electron chi connectivity index (χ3n) is 14.4. The molecule has 2 aliphatic heterocycles. The number of hydrogen-bond donors (Lipinski definition) is 0. The van der Waals surface area contributed by atoms with Crippen LogP contribution in [0.1, 0.15) is 82.2 Å². The first-order valence-electron chi connectivity index (χ1n) is 20.7. The van der Waals surface area contributed by atoms with Crippen LogP contribution >= 0.6 is 0 Å². The molecule has 0 bridgehead atoms. The lowest BCUT2D eigenvalue weighted by atomic mass is 9.67. The van der Waals surface area contributed by atoms with Crippen LogP contribution in [-0.4, -0.2) is 4.57 Å². The molecule has 2 heteroatoms. The summed E-state index contributed by atoms with van der Waals surface area (Å²) in [6.45, 7) is 14.6. The average Bonchev–Trinajstić information content (AvgIpc) is 3.68. The van der Waals surface area contributed by atoms with Crippen molar-refractivity contribution in [1.29, 1.82) is 0 Å². The van der Waals surface area contributed by atoms with Crippen LogP contribution in [0.2, 0.25) is 0 Å². The van der Waals surface area contributed by atoms with Gasteiger partial charge in [-0.25, -0.2) is 0 Å². The molecule has 0 N–H and O–H groups in total. The standard InChI is InChI=1S/C55H46N2/c1-53(2)43-21-13-20-41-42-29-35(31-48-51(42)57(50(41)43)52-44(53)22-14-23-45(52)54(48,3)4)34-25-27-39-40-28-26-37(32-47(40)55(5,6)46(39)30-34)56(36-17-8-7-9-18-36)49-24-12-16-33-15-10-11-19-38(33)49/h7-12,14-20,22-32H,13,21H2,1-6H3. The van der Waals surface area contributed by atoms with E-state index in [0.717, 1.165) is 18.5 Å². The Morgan fingerprint density at radius 3 is 2.00 bits per heavy atom. The molecule has 0 radical (unpaired) electrons. The van der Waals surface area contributed by atoms with Gasteiger partial charge in [-0.15, -0.1) is 0 Å². The molecule has 2 aliphatic carbocycles. The van der Waals surface area contributed by atoms with Crippen molar-refractivity contribution in [2.24, 2.45) is 0 Å². The normalized spacial score (nSPS) is 17.0. The van der Waals surface area contributed by atoms with Crippen molar-refractivity contribution in [2.45, 2.75) is 70.6 Å². The first-order valence-corrected chi connectivity index (χ1v) is 20.7. The van der Waals surface area contributed by atoms with Gasteiger partial charge in [-0.05, 0) is 122 Å². The van der Waals surface area contributed by atoms with E-state index in [-0.39, 0.29) is 16.2 Å². The lowest BCUT2D eigenvalue weighted by Crippen LogP contribution is -2.45. The molecule has 57 heavy (non-hydrogen) atoms. The molecule has 7 aromatic carbocycles. The molecule has 0 saturated carbocycles. The zero-order valence-corrected chi connectivity index (χ0v) is 33.7. The second kappa shape index (κ2) is 11.0. The van der Waals surface area contributed by atoms with Crippen LogP contribution in [0.5, 0.6) is 0 Å². The van der Waals surface area contributed by atoms with E-state index in [2.05, 4.69) is 197 Å². The molecule has 4 aliphatic rings. The van der Waals surface area contributed by atoms with Crippen LogP contribution < -0.4 is 15.5 Å². The lowest BCUT2D eigenvalue weighted by Gasteiger charge is -2.42. The third kappa shape index (κ3) is 4.21. The maximum Gasteiger partial charge on any atom is 0.0582 e. The lowest BCUT2D eigenvalue weighted by molar-refractivity contribution is 0.591. The number of anilines is 3. The van der Waals surface area contributed by atoms with E-state index >= 15 is 0 Å². The van der Waals surface area contributed by atoms with Gasteiger partial charge in [0.05, 0.1) is 22.2 Å². The fraction of sp³-hybridized carbons (Fsp3) is 0.200. The predicted molar refractivity (Wildman–Crippen MR) is 240 cm³/mol. The SMILES string of the molecule is CC1(C)C2=c3c(c4cc(-c5ccc6c(c5)C(C)(C)c5cc(N(c7ccccc7)c7cccc8ccccc78)ccc5-6)cc5c4n3-c3c1cccc3C5(C)C)=CCC2. The molecule has 0 fully saturated rings. The first-order chi connectivity index (χ1) is 27.5. The molecule has 0 amide bonds. The molecule has 0 saturated heterocycles. The molecule has 0 atom stereocenters. The number of rotatable bonds is 4. The van der Waals surface area contributed by atoms with Crippen molar-refractivity contribution in [1.82, 2.24) is 4.57 Å². The van der Waals surface area contributed by atoms with Gasteiger partial charge in [-0.3, -0.25) is 0 Å². The average molecular weight is 735 g/mol. The Hall–Kier alpha value is -6.12.